The van der Waals surface area contributed by atoms with Gasteiger partial charge in [0.2, 0.25) is 19.8 Å². The van der Waals surface area contributed by atoms with E-state index in [4.69, 9.17) is 14.2 Å². The first-order chi connectivity index (χ1) is 23.7. The summed E-state index contributed by atoms with van der Waals surface area (Å²) in [6, 6.07) is 2.49. The summed E-state index contributed by atoms with van der Waals surface area (Å²) in [6.07, 6.45) is 4.62. The van der Waals surface area contributed by atoms with Gasteiger partial charge in [0.25, 0.3) is 0 Å². The fraction of sp³-hybridized carbons (Fsp3) is 0.583. The zero-order chi connectivity index (χ0) is 36.8. The molecule has 14 heteroatoms. The molecule has 0 aromatic heterocycles. The van der Waals surface area contributed by atoms with Crippen molar-refractivity contribution in [3.8, 4) is 0 Å². The lowest BCUT2D eigenvalue weighted by Gasteiger charge is -2.34. The molecule has 0 bridgehead atoms. The highest BCUT2D eigenvalue weighted by molar-refractivity contribution is 6.19. The molecular weight excluding hydrogens is 646 g/mol. The Morgan fingerprint density at radius 3 is 2.52 bits per heavy atom. The zero-order valence-electron chi connectivity index (χ0n) is 29.9. The molecule has 0 unspecified atom stereocenters. The maximum Gasteiger partial charge on any atom is 0.410 e. The molecule has 2 fully saturated rings. The van der Waals surface area contributed by atoms with Gasteiger partial charge < -0.3 is 29.2 Å². The van der Waals surface area contributed by atoms with Gasteiger partial charge in [-0.2, -0.15) is 0 Å². The Balaban J connectivity index is 1.59. The summed E-state index contributed by atoms with van der Waals surface area (Å²) in [5, 5.41) is 2.70. The Kier molecular flexibility index (Phi) is 12.4. The van der Waals surface area contributed by atoms with Gasteiger partial charge in [-0.25, -0.2) is 18.8 Å². The van der Waals surface area contributed by atoms with E-state index in [1.807, 2.05) is 6.08 Å². The standard InChI is InChI=1S/C36H50BFN4O8/c1-7-10-11-12-13-17-28(39-33(46)50-35(4,5)6)30(43)41-21-25(49-34(47)40-20-23-15-14-16-27(38)26(23)22-40)18-29(41)31(44)42(37)36(19-24(36)8-2)32(45)48-9-3/h7-8,14-16,24-25,28-29H,1-2,9-13,17-22,37H2,3-6H3,(H,39,46)/t24-,25-,28+,29+,36-/m1/s1. The van der Waals surface area contributed by atoms with Crippen LogP contribution >= 0.6 is 0 Å². The minimum Gasteiger partial charge on any atom is -0.464 e. The maximum absolute atomic E-state index is 14.4. The fourth-order valence-electron chi connectivity index (χ4n) is 6.80. The molecule has 3 aliphatic rings. The summed E-state index contributed by atoms with van der Waals surface area (Å²) in [5.41, 5.74) is -1.00. The number of fused-ring (bicyclic) bond motifs is 1. The minimum atomic E-state index is -1.27. The van der Waals surface area contributed by atoms with Gasteiger partial charge in [-0.3, -0.25) is 14.5 Å². The first kappa shape index (κ1) is 38.4. The largest absolute Gasteiger partial charge is 0.464 e. The maximum atomic E-state index is 14.4. The van der Waals surface area contributed by atoms with Gasteiger partial charge in [-0.1, -0.05) is 37.1 Å². The second-order valence-corrected chi connectivity index (χ2v) is 14.2. The summed E-state index contributed by atoms with van der Waals surface area (Å²) in [4.78, 5) is 72.1. The van der Waals surface area contributed by atoms with Crippen molar-refractivity contribution in [1.82, 2.24) is 19.9 Å². The lowest BCUT2D eigenvalue weighted by atomic mass is 10.0. The third-order valence-corrected chi connectivity index (χ3v) is 9.50. The van der Waals surface area contributed by atoms with Crippen molar-refractivity contribution >= 4 is 38.0 Å². The monoisotopic (exact) mass is 696 g/mol. The van der Waals surface area contributed by atoms with Crippen molar-refractivity contribution in [2.75, 3.05) is 13.2 Å². The number of nitrogens with zero attached hydrogens (tertiary/aromatic N) is 3. The normalized spacial score (nSPS) is 22.9. The molecule has 0 radical (unpaired) electrons. The number of halogens is 1. The molecule has 5 atom stereocenters. The summed E-state index contributed by atoms with van der Waals surface area (Å²) >= 11 is 0. The number of nitrogens with one attached hydrogen (secondary N) is 1. The van der Waals surface area contributed by atoms with Crippen molar-refractivity contribution in [3.63, 3.8) is 0 Å². The van der Waals surface area contributed by atoms with Crippen LogP contribution in [0.5, 0.6) is 0 Å². The second kappa shape index (κ2) is 16.1. The van der Waals surface area contributed by atoms with Crippen molar-refractivity contribution in [1.29, 1.82) is 0 Å². The van der Waals surface area contributed by atoms with Crippen LogP contribution in [0.3, 0.4) is 0 Å². The SMILES string of the molecule is BN(C(=O)[C@@H]1C[C@@H](OC(=O)N2Cc3cccc(F)c3C2)CN1C(=O)[C@H](CCCCCC=C)NC(=O)OC(C)(C)C)[C@]1(C(=O)OCC)C[C@H]1C=C. The van der Waals surface area contributed by atoms with Crippen molar-refractivity contribution in [3.05, 3.63) is 60.5 Å². The number of esters is 1. The molecular formula is C36H50BFN4O8. The van der Waals surface area contributed by atoms with Crippen molar-refractivity contribution in [2.45, 2.75) is 115 Å². The number of carbonyl (C=O) groups excluding carboxylic acids is 5. The van der Waals surface area contributed by atoms with Gasteiger partial charge in [-0.15, -0.1) is 13.2 Å². The average molecular weight is 697 g/mol. The molecule has 2 aliphatic heterocycles. The Morgan fingerprint density at radius 1 is 1.16 bits per heavy atom. The quantitative estimate of drug-likeness (QED) is 0.101. The highest BCUT2D eigenvalue weighted by atomic mass is 19.1. The molecule has 1 aromatic carbocycles. The van der Waals surface area contributed by atoms with E-state index in [0.717, 1.165) is 19.3 Å². The molecule has 12 nitrogen and oxygen atoms in total. The molecule has 1 saturated carbocycles. The van der Waals surface area contributed by atoms with E-state index in [9.17, 15) is 28.4 Å². The molecule has 2 heterocycles. The van der Waals surface area contributed by atoms with Crippen molar-refractivity contribution < 1.29 is 42.6 Å². The summed E-state index contributed by atoms with van der Waals surface area (Å²) < 4.78 is 31.1. The predicted molar refractivity (Wildman–Crippen MR) is 186 cm³/mol. The molecule has 272 valence electrons. The van der Waals surface area contributed by atoms with Crippen molar-refractivity contribution in [2.24, 2.45) is 5.92 Å². The molecule has 1 saturated heterocycles. The van der Waals surface area contributed by atoms with Crippen LogP contribution in [0.4, 0.5) is 14.0 Å². The molecule has 1 aromatic rings. The second-order valence-electron chi connectivity index (χ2n) is 14.2. The lowest BCUT2D eigenvalue weighted by Crippen LogP contribution is -2.57. The molecule has 1 aliphatic carbocycles. The van der Waals surface area contributed by atoms with Gasteiger partial charge in [0, 0.05) is 24.4 Å². The summed E-state index contributed by atoms with van der Waals surface area (Å²) in [6.45, 7) is 14.5. The zero-order valence-corrected chi connectivity index (χ0v) is 29.9. The number of rotatable bonds is 14. The number of benzene rings is 1. The van der Waals surface area contributed by atoms with Crippen LogP contribution in [-0.4, -0.2) is 95.0 Å². The minimum absolute atomic E-state index is 0.0278. The number of likely N-dealkylation sites (tertiary alicyclic amines) is 1. The van der Waals surface area contributed by atoms with E-state index in [0.29, 0.717) is 24.0 Å². The number of hydrogen-bond donors (Lipinski definition) is 1. The highest BCUT2D eigenvalue weighted by Crippen LogP contribution is 2.50. The van der Waals surface area contributed by atoms with Crippen LogP contribution in [0.25, 0.3) is 0 Å². The number of allylic oxidation sites excluding steroid dienone is 1. The lowest BCUT2D eigenvalue weighted by molar-refractivity contribution is -0.155. The van der Waals surface area contributed by atoms with Crippen LogP contribution in [0, 0.1) is 11.7 Å². The smallest absolute Gasteiger partial charge is 0.410 e. The van der Waals surface area contributed by atoms with Gasteiger partial charge >= 0.3 is 18.2 Å². The third-order valence-electron chi connectivity index (χ3n) is 9.50. The first-order valence-corrected chi connectivity index (χ1v) is 17.4. The number of hydrogen-bond acceptors (Lipinski definition) is 8. The first-order valence-electron chi connectivity index (χ1n) is 17.4. The van der Waals surface area contributed by atoms with Gasteiger partial charge in [0.05, 0.1) is 19.7 Å². The Bertz CT molecular complexity index is 1480. The molecule has 0 spiro atoms. The molecule has 4 rings (SSSR count). The van der Waals surface area contributed by atoms with Gasteiger partial charge in [0.1, 0.15) is 35.1 Å². The van der Waals surface area contributed by atoms with E-state index < -0.39 is 65.1 Å². The van der Waals surface area contributed by atoms with E-state index in [1.165, 1.54) is 28.7 Å². The number of amides is 4. The van der Waals surface area contributed by atoms with E-state index in [1.54, 1.807) is 45.9 Å². The number of carbonyl (C=O) groups is 5. The summed E-state index contributed by atoms with van der Waals surface area (Å²) in [5.74, 6) is -2.40. The van der Waals surface area contributed by atoms with Gasteiger partial charge in [0.15, 0.2) is 0 Å². The molecule has 1 N–H and O–H groups in total. The van der Waals surface area contributed by atoms with Crippen LogP contribution < -0.4 is 5.32 Å². The molecule has 50 heavy (non-hydrogen) atoms. The fourth-order valence-corrected chi connectivity index (χ4v) is 6.80. The number of alkyl carbamates (subject to hydrolysis) is 1. The van der Waals surface area contributed by atoms with E-state index in [-0.39, 0.29) is 45.0 Å². The van der Waals surface area contributed by atoms with Gasteiger partial charge in [-0.05, 0) is 65.0 Å². The van der Waals surface area contributed by atoms with Crippen LogP contribution in [-0.2, 0) is 41.7 Å². The Morgan fingerprint density at radius 2 is 1.90 bits per heavy atom. The van der Waals surface area contributed by atoms with Crippen LogP contribution in [0.15, 0.2) is 43.5 Å². The van der Waals surface area contributed by atoms with Crippen LogP contribution in [0.2, 0.25) is 0 Å². The van der Waals surface area contributed by atoms with Crippen LogP contribution in [0.1, 0.15) is 83.8 Å². The van der Waals surface area contributed by atoms with E-state index in [2.05, 4.69) is 18.5 Å². The number of ether oxygens (including phenoxy) is 3. The topological polar surface area (TPSA) is 135 Å². The van der Waals surface area contributed by atoms with E-state index >= 15 is 0 Å². The Hall–Kier alpha value is -4.36. The third kappa shape index (κ3) is 8.68. The Labute approximate surface area is 294 Å². The predicted octanol–water partition coefficient (Wildman–Crippen LogP) is 4.16. The highest BCUT2D eigenvalue weighted by Gasteiger charge is 2.64. The molecule has 4 amide bonds. The average Bonchev–Trinajstić information content (AvgIpc) is 3.39. The number of unbranched alkanes of at least 4 members (excludes halogenated alkanes) is 3. The summed E-state index contributed by atoms with van der Waals surface area (Å²) in [7, 11) is 1.50.